The highest BCUT2D eigenvalue weighted by molar-refractivity contribution is 6.76. The molecule has 0 aliphatic carbocycles. The van der Waals surface area contributed by atoms with Crippen molar-refractivity contribution in [3.63, 3.8) is 0 Å². The SMILES string of the molecule is C[C@@H]1C[C@@H](Oc2ccc3c(c2)CN(C2CCC(=O)N(COCC[Si](C)(C)C)C2=O)C3=O)CN(C(=O)OC(C)(C)C)C1. The lowest BCUT2D eigenvalue weighted by atomic mass is 9.98. The fraction of sp³-hybridized carbons (Fsp3) is 0.667. The number of hydrogen-bond donors (Lipinski definition) is 0. The summed E-state index contributed by atoms with van der Waals surface area (Å²) < 4.78 is 17.6. The minimum absolute atomic E-state index is 0.0776. The number of fused-ring (bicyclic) bond motifs is 1. The lowest BCUT2D eigenvalue weighted by molar-refractivity contribution is -0.158. The summed E-state index contributed by atoms with van der Waals surface area (Å²) in [4.78, 5) is 56.2. The van der Waals surface area contributed by atoms with Gasteiger partial charge < -0.3 is 24.0 Å². The second-order valence-electron chi connectivity index (χ2n) is 13.8. The molecule has 3 atom stereocenters. The van der Waals surface area contributed by atoms with Crippen LogP contribution < -0.4 is 4.74 Å². The van der Waals surface area contributed by atoms with E-state index in [1.165, 1.54) is 0 Å². The summed E-state index contributed by atoms with van der Waals surface area (Å²) in [5.41, 5.74) is 0.743. The van der Waals surface area contributed by atoms with Crippen LogP contribution in [-0.2, 0) is 25.6 Å². The van der Waals surface area contributed by atoms with E-state index in [-0.39, 0.29) is 55.5 Å². The van der Waals surface area contributed by atoms with Crippen LogP contribution in [0.25, 0.3) is 0 Å². The number of ether oxygens (including phenoxy) is 3. The van der Waals surface area contributed by atoms with Gasteiger partial charge in [-0.25, -0.2) is 4.79 Å². The predicted molar refractivity (Wildman–Crippen MR) is 156 cm³/mol. The van der Waals surface area contributed by atoms with Crippen molar-refractivity contribution in [2.45, 2.75) is 96.9 Å². The summed E-state index contributed by atoms with van der Waals surface area (Å²) in [7, 11) is -1.30. The molecule has 3 heterocycles. The van der Waals surface area contributed by atoms with E-state index >= 15 is 0 Å². The summed E-state index contributed by atoms with van der Waals surface area (Å²) >= 11 is 0. The number of carbonyl (C=O) groups is 4. The van der Waals surface area contributed by atoms with Gasteiger partial charge in [0.15, 0.2) is 0 Å². The highest BCUT2D eigenvalue weighted by atomic mass is 28.3. The number of rotatable bonds is 8. The minimum Gasteiger partial charge on any atom is -0.489 e. The molecule has 4 rings (SSSR count). The van der Waals surface area contributed by atoms with Crippen molar-refractivity contribution in [3.8, 4) is 5.75 Å². The third-order valence-electron chi connectivity index (χ3n) is 7.56. The van der Waals surface area contributed by atoms with Crippen LogP contribution in [0.2, 0.25) is 25.7 Å². The van der Waals surface area contributed by atoms with Crippen molar-refractivity contribution in [3.05, 3.63) is 29.3 Å². The van der Waals surface area contributed by atoms with Crippen molar-refractivity contribution in [1.29, 1.82) is 0 Å². The average Bonchev–Trinajstić information content (AvgIpc) is 3.16. The molecule has 226 valence electrons. The van der Waals surface area contributed by atoms with E-state index in [4.69, 9.17) is 14.2 Å². The van der Waals surface area contributed by atoms with Crippen LogP contribution in [0, 0.1) is 5.92 Å². The van der Waals surface area contributed by atoms with Crippen LogP contribution >= 0.6 is 0 Å². The molecule has 1 aromatic rings. The normalized spacial score (nSPS) is 23.6. The zero-order valence-electron chi connectivity index (χ0n) is 25.5. The summed E-state index contributed by atoms with van der Waals surface area (Å²) in [6, 6.07) is 5.58. The van der Waals surface area contributed by atoms with Crippen LogP contribution in [0.5, 0.6) is 5.75 Å². The van der Waals surface area contributed by atoms with E-state index in [9.17, 15) is 19.2 Å². The molecule has 0 aromatic heterocycles. The number of likely N-dealkylation sites (tertiary alicyclic amines) is 2. The van der Waals surface area contributed by atoms with Crippen molar-refractivity contribution in [2.75, 3.05) is 26.4 Å². The number of amides is 4. The quantitative estimate of drug-likeness (QED) is 0.251. The first-order valence-corrected chi connectivity index (χ1v) is 18.3. The first-order valence-electron chi connectivity index (χ1n) is 14.6. The molecule has 41 heavy (non-hydrogen) atoms. The maximum atomic E-state index is 13.3. The Morgan fingerprint density at radius 3 is 2.51 bits per heavy atom. The average molecular weight is 588 g/mol. The second kappa shape index (κ2) is 12.1. The first-order chi connectivity index (χ1) is 19.1. The summed E-state index contributed by atoms with van der Waals surface area (Å²) in [5, 5.41) is 0. The van der Waals surface area contributed by atoms with Gasteiger partial charge in [-0.2, -0.15) is 0 Å². The second-order valence-corrected chi connectivity index (χ2v) is 19.4. The number of benzene rings is 1. The van der Waals surface area contributed by atoms with Gasteiger partial charge >= 0.3 is 6.09 Å². The van der Waals surface area contributed by atoms with Gasteiger partial charge in [0.25, 0.3) is 11.8 Å². The highest BCUT2D eigenvalue weighted by Crippen LogP contribution is 2.32. The molecule has 2 fully saturated rings. The van der Waals surface area contributed by atoms with E-state index in [0.29, 0.717) is 37.4 Å². The Morgan fingerprint density at radius 1 is 1.10 bits per heavy atom. The van der Waals surface area contributed by atoms with Gasteiger partial charge in [-0.1, -0.05) is 26.6 Å². The van der Waals surface area contributed by atoms with Gasteiger partial charge in [0.1, 0.15) is 30.2 Å². The maximum absolute atomic E-state index is 13.3. The Kier molecular flexibility index (Phi) is 9.18. The molecular weight excluding hydrogens is 542 g/mol. The molecule has 3 aliphatic heterocycles. The Balaban J connectivity index is 1.39. The highest BCUT2D eigenvalue weighted by Gasteiger charge is 2.43. The molecule has 3 aliphatic rings. The van der Waals surface area contributed by atoms with Gasteiger partial charge in [-0.15, -0.1) is 0 Å². The van der Waals surface area contributed by atoms with Gasteiger partial charge in [0.05, 0.1) is 6.54 Å². The number of piperidine rings is 2. The smallest absolute Gasteiger partial charge is 0.410 e. The van der Waals surface area contributed by atoms with E-state index < -0.39 is 19.7 Å². The Morgan fingerprint density at radius 2 is 1.83 bits per heavy atom. The number of imide groups is 1. The van der Waals surface area contributed by atoms with Crippen LogP contribution in [-0.4, -0.2) is 90.8 Å². The molecule has 4 amide bonds. The zero-order chi connectivity index (χ0) is 30.1. The Labute approximate surface area is 244 Å². The summed E-state index contributed by atoms with van der Waals surface area (Å²) in [5.74, 6) is -0.00717. The molecule has 0 spiro atoms. The molecule has 0 radical (unpaired) electrons. The molecule has 10 nitrogen and oxygen atoms in total. The van der Waals surface area contributed by atoms with Gasteiger partial charge in [0.2, 0.25) is 5.91 Å². The number of nitrogens with zero attached hydrogens (tertiary/aromatic N) is 3. The molecule has 2 saturated heterocycles. The third kappa shape index (κ3) is 7.88. The Hall–Kier alpha value is -2.92. The van der Waals surface area contributed by atoms with Gasteiger partial charge in [-0.3, -0.25) is 19.3 Å². The summed E-state index contributed by atoms with van der Waals surface area (Å²) in [6.45, 7) is 16.1. The van der Waals surface area contributed by atoms with E-state index in [2.05, 4.69) is 26.6 Å². The summed E-state index contributed by atoms with van der Waals surface area (Å²) in [6.07, 6.45) is 0.724. The molecule has 1 unspecified atom stereocenters. The zero-order valence-corrected chi connectivity index (χ0v) is 26.5. The van der Waals surface area contributed by atoms with Crippen molar-refractivity contribution in [2.24, 2.45) is 5.92 Å². The van der Waals surface area contributed by atoms with E-state index in [0.717, 1.165) is 22.9 Å². The van der Waals surface area contributed by atoms with Crippen molar-refractivity contribution >= 4 is 31.9 Å². The third-order valence-corrected chi connectivity index (χ3v) is 9.27. The van der Waals surface area contributed by atoms with E-state index in [1.807, 2.05) is 26.8 Å². The van der Waals surface area contributed by atoms with Crippen molar-refractivity contribution < 1.29 is 33.4 Å². The van der Waals surface area contributed by atoms with Gasteiger partial charge in [-0.05, 0) is 69.3 Å². The van der Waals surface area contributed by atoms with Crippen LogP contribution in [0.3, 0.4) is 0 Å². The van der Waals surface area contributed by atoms with E-state index in [1.54, 1.807) is 21.9 Å². The van der Waals surface area contributed by atoms with Crippen LogP contribution in [0.4, 0.5) is 4.79 Å². The first kappa shape index (κ1) is 31.0. The molecular formula is C30H45N3O7Si. The van der Waals surface area contributed by atoms with Crippen LogP contribution in [0.1, 0.15) is 62.9 Å². The fourth-order valence-electron chi connectivity index (χ4n) is 5.47. The maximum Gasteiger partial charge on any atom is 0.410 e. The van der Waals surface area contributed by atoms with Gasteiger partial charge in [0, 0.05) is 39.8 Å². The number of hydrogen-bond acceptors (Lipinski definition) is 7. The monoisotopic (exact) mass is 587 g/mol. The number of carbonyl (C=O) groups excluding carboxylic acids is 4. The lowest BCUT2D eigenvalue weighted by Gasteiger charge is -2.37. The largest absolute Gasteiger partial charge is 0.489 e. The molecule has 0 bridgehead atoms. The fourth-order valence-corrected chi connectivity index (χ4v) is 6.23. The predicted octanol–water partition coefficient (Wildman–Crippen LogP) is 4.50. The molecule has 0 saturated carbocycles. The standard InChI is InChI=1S/C30H45N3O7Si/c1-20-14-23(18-31(16-20)29(37)40-30(2,3)4)39-22-8-9-24-21(15-22)17-32(27(24)35)25-10-11-26(34)33(28(25)36)19-38-12-13-41(5,6)7/h8-9,15,20,23,25H,10-14,16-19H2,1-7H3/t20-,23-,25?/m1/s1. The Bertz CT molecular complexity index is 1180. The molecule has 11 heteroatoms. The lowest BCUT2D eigenvalue weighted by Crippen LogP contribution is -2.55. The molecule has 0 N–H and O–H groups in total. The topological polar surface area (TPSA) is 106 Å². The minimum atomic E-state index is -1.30. The van der Waals surface area contributed by atoms with Crippen LogP contribution in [0.15, 0.2) is 18.2 Å². The molecule has 1 aromatic carbocycles. The van der Waals surface area contributed by atoms with Crippen molar-refractivity contribution in [1.82, 2.24) is 14.7 Å².